The van der Waals surface area contributed by atoms with Crippen molar-refractivity contribution in [3.63, 3.8) is 0 Å². The van der Waals surface area contributed by atoms with E-state index in [4.69, 9.17) is 5.73 Å². The Hall–Kier alpha value is -0.340. The second-order valence-corrected chi connectivity index (χ2v) is 5.20. The minimum atomic E-state index is 0.170. The summed E-state index contributed by atoms with van der Waals surface area (Å²) in [6, 6.07) is 6.43. The van der Waals surface area contributed by atoms with Gasteiger partial charge in [-0.15, -0.1) is 0 Å². The largest absolute Gasteiger partial charge is 0.325 e. The molecule has 1 aromatic rings. The first-order chi connectivity index (χ1) is 6.61. The molecular weight excluding hydrogens is 238 g/mol. The normalized spacial score (nSPS) is 18.2. The van der Waals surface area contributed by atoms with Crippen LogP contribution in [0.4, 0.5) is 0 Å². The highest BCUT2D eigenvalue weighted by molar-refractivity contribution is 9.10. The molecule has 0 heterocycles. The van der Waals surface area contributed by atoms with Crippen LogP contribution in [0, 0.1) is 6.92 Å². The summed E-state index contributed by atoms with van der Waals surface area (Å²) < 4.78 is 1.25. The van der Waals surface area contributed by atoms with Gasteiger partial charge in [0.25, 0.3) is 0 Å². The minimum absolute atomic E-state index is 0.170. The van der Waals surface area contributed by atoms with E-state index in [1.807, 2.05) is 0 Å². The van der Waals surface area contributed by atoms with Gasteiger partial charge in [0, 0.05) is 10.0 Å². The second kappa shape index (κ2) is 3.67. The molecule has 1 saturated carbocycles. The van der Waals surface area contributed by atoms with E-state index in [9.17, 15) is 0 Å². The van der Waals surface area contributed by atoms with Gasteiger partial charge in [0.15, 0.2) is 0 Å². The lowest BCUT2D eigenvalue weighted by atomic mass is 10.0. The fourth-order valence-corrected chi connectivity index (χ4v) is 2.16. The number of hydrogen-bond donors (Lipinski definition) is 1. The number of hydrogen-bond acceptors (Lipinski definition) is 1. The third-order valence-corrected chi connectivity index (χ3v) is 4.19. The summed E-state index contributed by atoms with van der Waals surface area (Å²) in [5, 5.41) is 0. The third kappa shape index (κ3) is 2.18. The lowest BCUT2D eigenvalue weighted by Crippen LogP contribution is -2.22. The lowest BCUT2D eigenvalue weighted by molar-refractivity contribution is 0.608. The first-order valence-corrected chi connectivity index (χ1v) is 5.93. The number of aryl methyl sites for hydroxylation is 2. The van der Waals surface area contributed by atoms with Crippen molar-refractivity contribution in [2.75, 3.05) is 0 Å². The molecule has 2 rings (SSSR count). The van der Waals surface area contributed by atoms with E-state index < -0.39 is 0 Å². The molecule has 0 atom stereocenters. The molecule has 1 aliphatic rings. The Kier molecular flexibility index (Phi) is 2.67. The van der Waals surface area contributed by atoms with Crippen molar-refractivity contribution in [2.24, 2.45) is 5.73 Å². The van der Waals surface area contributed by atoms with Crippen LogP contribution in [-0.2, 0) is 6.42 Å². The molecule has 2 heteroatoms. The maximum atomic E-state index is 6.07. The molecule has 2 N–H and O–H groups in total. The Labute approximate surface area is 93.8 Å². The van der Waals surface area contributed by atoms with Gasteiger partial charge in [0.1, 0.15) is 0 Å². The number of halogens is 1. The molecule has 76 valence electrons. The molecule has 1 nitrogen and oxygen atoms in total. The van der Waals surface area contributed by atoms with Crippen LogP contribution < -0.4 is 5.73 Å². The molecule has 1 fully saturated rings. The van der Waals surface area contributed by atoms with Crippen molar-refractivity contribution in [3.05, 3.63) is 33.8 Å². The molecule has 0 aromatic heterocycles. The van der Waals surface area contributed by atoms with Gasteiger partial charge in [-0.05, 0) is 43.7 Å². The molecule has 0 radical (unpaired) electrons. The van der Waals surface area contributed by atoms with Crippen molar-refractivity contribution in [1.82, 2.24) is 0 Å². The average Bonchev–Trinajstić information content (AvgIpc) is 2.88. The van der Waals surface area contributed by atoms with E-state index in [-0.39, 0.29) is 5.54 Å². The van der Waals surface area contributed by atoms with Crippen LogP contribution in [-0.4, -0.2) is 5.54 Å². The van der Waals surface area contributed by atoms with Gasteiger partial charge in [-0.2, -0.15) is 0 Å². The fraction of sp³-hybridized carbons (Fsp3) is 0.500. The Morgan fingerprint density at radius 1 is 1.43 bits per heavy atom. The fourth-order valence-electron chi connectivity index (χ4n) is 1.70. The Morgan fingerprint density at radius 2 is 2.14 bits per heavy atom. The second-order valence-electron chi connectivity index (χ2n) is 4.41. The van der Waals surface area contributed by atoms with Crippen LogP contribution in [0.5, 0.6) is 0 Å². The molecule has 1 aromatic carbocycles. The monoisotopic (exact) mass is 253 g/mol. The Morgan fingerprint density at radius 3 is 2.79 bits per heavy atom. The van der Waals surface area contributed by atoms with E-state index in [1.165, 1.54) is 28.4 Å². The van der Waals surface area contributed by atoms with E-state index in [2.05, 4.69) is 41.1 Å². The highest BCUT2D eigenvalue weighted by Gasteiger charge is 2.37. The molecule has 0 amide bonds. The van der Waals surface area contributed by atoms with Crippen molar-refractivity contribution in [1.29, 1.82) is 0 Å². The zero-order valence-corrected chi connectivity index (χ0v) is 10.1. The number of rotatable bonds is 3. The first kappa shape index (κ1) is 10.2. The molecule has 0 aliphatic heterocycles. The van der Waals surface area contributed by atoms with Crippen LogP contribution in [0.15, 0.2) is 22.7 Å². The summed E-state index contributed by atoms with van der Waals surface area (Å²) in [5.74, 6) is 0. The Bertz CT molecular complexity index is 342. The van der Waals surface area contributed by atoms with E-state index in [0.29, 0.717) is 0 Å². The summed E-state index contributed by atoms with van der Waals surface area (Å²) in [4.78, 5) is 0. The van der Waals surface area contributed by atoms with Crippen molar-refractivity contribution >= 4 is 15.9 Å². The molecule has 0 spiro atoms. The van der Waals surface area contributed by atoms with E-state index in [1.54, 1.807) is 0 Å². The van der Waals surface area contributed by atoms with Crippen molar-refractivity contribution in [2.45, 2.75) is 38.1 Å². The predicted molar refractivity (Wildman–Crippen MR) is 63.4 cm³/mol. The highest BCUT2D eigenvalue weighted by Crippen LogP contribution is 2.37. The third-order valence-electron chi connectivity index (χ3n) is 3.06. The number of benzene rings is 1. The summed E-state index contributed by atoms with van der Waals surface area (Å²) in [5.41, 5.74) is 8.94. The standard InChI is InChI=1S/C12H16BrN/c1-9-3-2-4-10(11(9)13)5-6-12(14)7-8-12/h2-4H,5-8,14H2,1H3. The highest BCUT2D eigenvalue weighted by atomic mass is 79.9. The molecular formula is C12H16BrN. The maximum Gasteiger partial charge on any atom is 0.0236 e. The summed E-state index contributed by atoms with van der Waals surface area (Å²) in [6.45, 7) is 2.13. The van der Waals surface area contributed by atoms with Gasteiger partial charge >= 0.3 is 0 Å². The molecule has 1 aliphatic carbocycles. The Balaban J connectivity index is 2.05. The van der Waals surface area contributed by atoms with Gasteiger partial charge < -0.3 is 5.73 Å². The van der Waals surface area contributed by atoms with Crippen molar-refractivity contribution < 1.29 is 0 Å². The zero-order valence-electron chi connectivity index (χ0n) is 8.52. The van der Waals surface area contributed by atoms with E-state index in [0.717, 1.165) is 12.8 Å². The predicted octanol–water partition coefficient (Wildman–Crippen LogP) is 3.18. The summed E-state index contributed by atoms with van der Waals surface area (Å²) in [6.07, 6.45) is 4.63. The summed E-state index contributed by atoms with van der Waals surface area (Å²) in [7, 11) is 0. The van der Waals surface area contributed by atoms with E-state index >= 15 is 0 Å². The minimum Gasteiger partial charge on any atom is -0.325 e. The van der Waals surface area contributed by atoms with Gasteiger partial charge in [0.2, 0.25) is 0 Å². The van der Waals surface area contributed by atoms with Crippen LogP contribution in [0.25, 0.3) is 0 Å². The number of nitrogens with two attached hydrogens (primary N) is 1. The maximum absolute atomic E-state index is 6.07. The smallest absolute Gasteiger partial charge is 0.0236 e. The van der Waals surface area contributed by atoms with Crippen LogP contribution >= 0.6 is 15.9 Å². The average molecular weight is 254 g/mol. The molecule has 14 heavy (non-hydrogen) atoms. The summed E-state index contributed by atoms with van der Waals surface area (Å²) >= 11 is 3.63. The molecule has 0 unspecified atom stereocenters. The first-order valence-electron chi connectivity index (χ1n) is 5.14. The zero-order chi connectivity index (χ0) is 10.2. The SMILES string of the molecule is Cc1cccc(CCC2(N)CC2)c1Br. The van der Waals surface area contributed by atoms with Crippen molar-refractivity contribution in [3.8, 4) is 0 Å². The van der Waals surface area contributed by atoms with Crippen LogP contribution in [0.1, 0.15) is 30.4 Å². The van der Waals surface area contributed by atoms with Gasteiger partial charge in [0.05, 0.1) is 0 Å². The van der Waals surface area contributed by atoms with Gasteiger partial charge in [-0.3, -0.25) is 0 Å². The quantitative estimate of drug-likeness (QED) is 0.880. The van der Waals surface area contributed by atoms with Gasteiger partial charge in [-0.1, -0.05) is 34.1 Å². The molecule has 0 saturated heterocycles. The lowest BCUT2D eigenvalue weighted by Gasteiger charge is -2.10. The molecule has 0 bridgehead atoms. The van der Waals surface area contributed by atoms with Crippen LogP contribution in [0.3, 0.4) is 0 Å². The topological polar surface area (TPSA) is 26.0 Å². The van der Waals surface area contributed by atoms with Crippen LogP contribution in [0.2, 0.25) is 0 Å². The van der Waals surface area contributed by atoms with Gasteiger partial charge in [-0.25, -0.2) is 0 Å².